The molecule has 1 spiro atoms. The molecule has 1 aliphatic carbocycles. The summed E-state index contributed by atoms with van der Waals surface area (Å²) in [5, 5.41) is 3.11. The predicted molar refractivity (Wildman–Crippen MR) is 109 cm³/mol. The summed E-state index contributed by atoms with van der Waals surface area (Å²) in [6.07, 6.45) is 10.3. The Balaban J connectivity index is 1.45. The Bertz CT molecular complexity index is 833. The zero-order valence-electron chi connectivity index (χ0n) is 15.6. The smallest absolute Gasteiger partial charge is 0.224 e. The molecule has 142 valence electrons. The quantitative estimate of drug-likeness (QED) is 0.791. The molecule has 5 nitrogen and oxygen atoms in total. The van der Waals surface area contributed by atoms with Gasteiger partial charge in [0, 0.05) is 36.5 Å². The molecule has 1 N–H and O–H groups in total. The Labute approximate surface area is 163 Å². The zero-order chi connectivity index (χ0) is 18.9. The molecule has 1 aromatic carbocycles. The minimum Gasteiger partial charge on any atom is -0.493 e. The molecule has 4 rings (SSSR count). The topological polar surface area (TPSA) is 59.9 Å². The summed E-state index contributed by atoms with van der Waals surface area (Å²) < 4.78 is 10.6. The number of carbonyl (C=O) groups excluding carboxylic acids is 1. The fourth-order valence-electron chi connectivity index (χ4n) is 4.20. The molecule has 1 aromatic rings. The number of nitrogens with zero attached hydrogens (tertiary/aromatic N) is 1. The highest BCUT2D eigenvalue weighted by atomic mass is 32.2. The molecule has 3 unspecified atom stereocenters. The van der Waals surface area contributed by atoms with Crippen LogP contribution in [0.2, 0.25) is 0 Å². The largest absolute Gasteiger partial charge is 0.493 e. The molecule has 6 heteroatoms. The highest BCUT2D eigenvalue weighted by molar-refractivity contribution is 8.01. The first-order chi connectivity index (χ1) is 13.2. The first kappa shape index (κ1) is 18.2. The zero-order valence-corrected chi connectivity index (χ0v) is 16.4. The summed E-state index contributed by atoms with van der Waals surface area (Å²) in [7, 11) is 3.23. The van der Waals surface area contributed by atoms with Gasteiger partial charge >= 0.3 is 0 Å². The van der Waals surface area contributed by atoms with Crippen LogP contribution < -0.4 is 14.8 Å². The summed E-state index contributed by atoms with van der Waals surface area (Å²) in [6, 6.07) is 5.71. The van der Waals surface area contributed by atoms with Crippen molar-refractivity contribution in [3.05, 3.63) is 48.2 Å². The number of nitrogens with one attached hydrogen (secondary N) is 1. The summed E-state index contributed by atoms with van der Waals surface area (Å²) in [5.41, 5.74) is 2.21. The molecule has 1 amide bonds. The number of allylic oxidation sites excluding steroid dienone is 3. The number of methoxy groups -OCH3 is 2. The third-order valence-electron chi connectivity index (χ3n) is 5.66. The van der Waals surface area contributed by atoms with Crippen LogP contribution in [0.25, 0.3) is 0 Å². The van der Waals surface area contributed by atoms with E-state index in [1.807, 2.05) is 36.2 Å². The Morgan fingerprint density at radius 2 is 2.15 bits per heavy atom. The van der Waals surface area contributed by atoms with Crippen LogP contribution in [0.15, 0.2) is 47.6 Å². The summed E-state index contributed by atoms with van der Waals surface area (Å²) in [6.45, 7) is 0.477. The van der Waals surface area contributed by atoms with E-state index in [9.17, 15) is 4.79 Å². The number of benzene rings is 1. The lowest BCUT2D eigenvalue weighted by molar-refractivity contribution is -0.125. The van der Waals surface area contributed by atoms with Crippen LogP contribution in [-0.4, -0.2) is 36.3 Å². The lowest BCUT2D eigenvalue weighted by atomic mass is 9.73. The molecular formula is C21H24N2O3S. The number of carbonyl (C=O) groups is 1. The molecular weight excluding hydrogens is 360 g/mol. The number of ether oxygens (including phenoxy) is 2. The van der Waals surface area contributed by atoms with Crippen molar-refractivity contribution in [3.8, 4) is 11.5 Å². The van der Waals surface area contributed by atoms with Gasteiger partial charge in [-0.3, -0.25) is 9.79 Å². The van der Waals surface area contributed by atoms with Crippen LogP contribution in [0.3, 0.4) is 0 Å². The predicted octanol–water partition coefficient (Wildman–Crippen LogP) is 3.36. The first-order valence-corrected chi connectivity index (χ1v) is 10.2. The van der Waals surface area contributed by atoms with Crippen LogP contribution >= 0.6 is 11.8 Å². The average Bonchev–Trinajstić information content (AvgIpc) is 3.09. The highest BCUT2D eigenvalue weighted by Crippen LogP contribution is 2.53. The van der Waals surface area contributed by atoms with Crippen molar-refractivity contribution in [1.29, 1.82) is 0 Å². The third-order valence-corrected chi connectivity index (χ3v) is 7.37. The minimum atomic E-state index is -0.0246. The number of hydrogen-bond acceptors (Lipinski definition) is 5. The van der Waals surface area contributed by atoms with Crippen molar-refractivity contribution in [2.75, 3.05) is 20.0 Å². The molecule has 1 fully saturated rings. The molecule has 0 bridgehead atoms. The first-order valence-electron chi connectivity index (χ1n) is 9.19. The Morgan fingerprint density at radius 3 is 2.96 bits per heavy atom. The molecule has 1 saturated heterocycles. The molecule has 0 radical (unpaired) electrons. The van der Waals surface area contributed by atoms with Gasteiger partial charge in [0.25, 0.3) is 0 Å². The molecule has 3 aliphatic rings. The SMILES string of the molecule is COc1ccc(CNC(=O)C2CSC34CC=CCC3=NC=CC24)cc1OC. The van der Waals surface area contributed by atoms with Crippen LogP contribution in [0.1, 0.15) is 18.4 Å². The van der Waals surface area contributed by atoms with E-state index >= 15 is 0 Å². The van der Waals surface area contributed by atoms with Gasteiger partial charge in [-0.1, -0.05) is 24.3 Å². The molecule has 27 heavy (non-hydrogen) atoms. The van der Waals surface area contributed by atoms with Crippen LogP contribution in [0, 0.1) is 11.8 Å². The maximum absolute atomic E-state index is 13.0. The second kappa shape index (κ2) is 7.43. The summed E-state index contributed by atoms with van der Waals surface area (Å²) >= 11 is 1.90. The van der Waals surface area contributed by atoms with Gasteiger partial charge in [-0.25, -0.2) is 0 Å². The normalized spacial score (nSPS) is 28.1. The standard InChI is InChI=1S/C21H24N2O3S/c1-25-17-7-6-14(11-18(17)26-2)12-23-20(24)15-13-27-21-9-4-3-5-19(21)22-10-8-16(15)21/h3-4,6-8,10-11,15-16H,5,9,12-13H2,1-2H3,(H,23,24). The third kappa shape index (κ3) is 3.16. The number of thioether (sulfide) groups is 1. The van der Waals surface area contributed by atoms with Crippen LogP contribution in [0.4, 0.5) is 0 Å². The molecule has 2 aliphatic heterocycles. The van der Waals surface area contributed by atoms with E-state index < -0.39 is 0 Å². The summed E-state index contributed by atoms with van der Waals surface area (Å²) in [5.74, 6) is 2.49. The van der Waals surface area contributed by atoms with Crippen LogP contribution in [0.5, 0.6) is 11.5 Å². The van der Waals surface area contributed by atoms with Gasteiger partial charge in [0.2, 0.25) is 5.91 Å². The van der Waals surface area contributed by atoms with Gasteiger partial charge in [0.1, 0.15) is 0 Å². The van der Waals surface area contributed by atoms with Gasteiger partial charge in [-0.15, -0.1) is 11.8 Å². The van der Waals surface area contributed by atoms with Gasteiger partial charge in [-0.2, -0.15) is 0 Å². The molecule has 0 saturated carbocycles. The summed E-state index contributed by atoms with van der Waals surface area (Å²) in [4.78, 5) is 17.6. The van der Waals surface area contributed by atoms with Gasteiger partial charge in [0.05, 0.1) is 24.9 Å². The number of aliphatic imine (C=N–C) groups is 1. The van der Waals surface area contributed by atoms with E-state index in [0.717, 1.165) is 24.2 Å². The van der Waals surface area contributed by atoms with E-state index in [1.165, 1.54) is 5.71 Å². The van der Waals surface area contributed by atoms with Gasteiger partial charge in [0.15, 0.2) is 11.5 Å². The molecule has 3 atom stereocenters. The van der Waals surface area contributed by atoms with Crippen LogP contribution in [-0.2, 0) is 11.3 Å². The second-order valence-corrected chi connectivity index (χ2v) is 8.39. The number of rotatable bonds is 5. The van der Waals surface area contributed by atoms with Crippen molar-refractivity contribution in [1.82, 2.24) is 5.32 Å². The Morgan fingerprint density at radius 1 is 1.30 bits per heavy atom. The van der Waals surface area contributed by atoms with E-state index in [-0.39, 0.29) is 22.5 Å². The van der Waals surface area contributed by atoms with Crippen molar-refractivity contribution in [2.24, 2.45) is 16.8 Å². The van der Waals surface area contributed by atoms with Crippen molar-refractivity contribution in [3.63, 3.8) is 0 Å². The molecule has 2 heterocycles. The minimum absolute atomic E-state index is 0.0190. The number of hydrogen-bond donors (Lipinski definition) is 1. The maximum atomic E-state index is 13.0. The Hall–Kier alpha value is -2.21. The van der Waals surface area contributed by atoms with E-state index in [4.69, 9.17) is 9.47 Å². The van der Waals surface area contributed by atoms with E-state index in [2.05, 4.69) is 28.5 Å². The van der Waals surface area contributed by atoms with E-state index in [1.54, 1.807) is 14.2 Å². The Kier molecular flexibility index (Phi) is 5.00. The van der Waals surface area contributed by atoms with Gasteiger partial charge < -0.3 is 14.8 Å². The lowest BCUT2D eigenvalue weighted by Gasteiger charge is -2.38. The number of amides is 1. The maximum Gasteiger partial charge on any atom is 0.224 e. The monoisotopic (exact) mass is 384 g/mol. The van der Waals surface area contributed by atoms with Crippen molar-refractivity contribution >= 4 is 23.4 Å². The average molecular weight is 385 g/mol. The van der Waals surface area contributed by atoms with Crippen molar-refractivity contribution in [2.45, 2.75) is 24.1 Å². The fourth-order valence-corrected chi connectivity index (χ4v) is 5.99. The second-order valence-electron chi connectivity index (χ2n) is 7.04. The van der Waals surface area contributed by atoms with E-state index in [0.29, 0.717) is 18.0 Å². The van der Waals surface area contributed by atoms with Crippen molar-refractivity contribution < 1.29 is 14.3 Å². The fraction of sp³-hybridized carbons (Fsp3) is 0.429. The van der Waals surface area contributed by atoms with Gasteiger partial charge in [-0.05, 0) is 24.1 Å². The molecule has 0 aromatic heterocycles. The highest BCUT2D eigenvalue weighted by Gasteiger charge is 2.54. The lowest BCUT2D eigenvalue weighted by Crippen LogP contribution is -2.45.